The van der Waals surface area contributed by atoms with Crippen molar-refractivity contribution in [3.63, 3.8) is 0 Å². The van der Waals surface area contributed by atoms with Gasteiger partial charge >= 0.3 is 0 Å². The van der Waals surface area contributed by atoms with E-state index in [2.05, 4.69) is 9.97 Å². The van der Waals surface area contributed by atoms with Crippen molar-refractivity contribution >= 4 is 40.9 Å². The van der Waals surface area contributed by atoms with E-state index in [1.807, 2.05) is 12.5 Å². The van der Waals surface area contributed by atoms with Gasteiger partial charge in [0.05, 0.1) is 4.90 Å². The number of anilines is 1. The molecule has 0 saturated heterocycles. The molecule has 0 aliphatic carbocycles. The molecule has 0 saturated carbocycles. The highest BCUT2D eigenvalue weighted by molar-refractivity contribution is 7.99. The molecular formula is C6H8ClN3S2. The minimum atomic E-state index is 0.430. The van der Waals surface area contributed by atoms with Gasteiger partial charge in [-0.1, -0.05) is 23.4 Å². The Bertz CT molecular complexity index is 269. The molecule has 0 aliphatic heterocycles. The van der Waals surface area contributed by atoms with Crippen LogP contribution in [-0.4, -0.2) is 22.5 Å². The second-order valence-corrected chi connectivity index (χ2v) is 3.87. The first kappa shape index (κ1) is 9.95. The summed E-state index contributed by atoms with van der Waals surface area (Å²) < 4.78 is 0. The Labute approximate surface area is 84.5 Å². The summed E-state index contributed by atoms with van der Waals surface area (Å²) in [6.45, 7) is 0. The highest BCUT2D eigenvalue weighted by Crippen LogP contribution is 2.29. The van der Waals surface area contributed by atoms with E-state index in [1.165, 1.54) is 23.5 Å². The van der Waals surface area contributed by atoms with Crippen LogP contribution in [0.3, 0.4) is 0 Å². The molecular weight excluding hydrogens is 214 g/mol. The van der Waals surface area contributed by atoms with Crippen molar-refractivity contribution < 1.29 is 0 Å². The molecule has 66 valence electrons. The molecule has 0 spiro atoms. The van der Waals surface area contributed by atoms with Crippen molar-refractivity contribution in [2.75, 3.05) is 18.2 Å². The van der Waals surface area contributed by atoms with E-state index < -0.39 is 0 Å². The van der Waals surface area contributed by atoms with Gasteiger partial charge < -0.3 is 5.73 Å². The summed E-state index contributed by atoms with van der Waals surface area (Å²) in [5.41, 5.74) is 5.64. The van der Waals surface area contributed by atoms with Crippen LogP contribution in [0.15, 0.2) is 10.1 Å². The molecule has 0 aromatic carbocycles. The van der Waals surface area contributed by atoms with Crippen LogP contribution in [0.1, 0.15) is 0 Å². The molecule has 0 unspecified atom stereocenters. The second-order valence-electron chi connectivity index (χ2n) is 1.92. The summed E-state index contributed by atoms with van der Waals surface area (Å²) >= 11 is 8.72. The lowest BCUT2D eigenvalue weighted by Crippen LogP contribution is -1.97. The molecule has 1 aromatic rings. The zero-order chi connectivity index (χ0) is 9.14. The minimum Gasteiger partial charge on any atom is -0.383 e. The lowest BCUT2D eigenvalue weighted by molar-refractivity contribution is 0.946. The first-order valence-electron chi connectivity index (χ1n) is 3.10. The van der Waals surface area contributed by atoms with Crippen molar-refractivity contribution in [1.82, 2.24) is 9.97 Å². The van der Waals surface area contributed by atoms with Crippen molar-refractivity contribution in [2.45, 2.75) is 10.1 Å². The van der Waals surface area contributed by atoms with Gasteiger partial charge in [-0.3, -0.25) is 0 Å². The predicted molar refractivity (Wildman–Crippen MR) is 55.0 cm³/mol. The van der Waals surface area contributed by atoms with E-state index in [4.69, 9.17) is 17.3 Å². The average molecular weight is 222 g/mol. The number of thioether (sulfide) groups is 2. The molecule has 0 atom stereocenters. The summed E-state index contributed by atoms with van der Waals surface area (Å²) in [6.07, 6.45) is 3.77. The molecule has 12 heavy (non-hydrogen) atoms. The van der Waals surface area contributed by atoms with Crippen LogP contribution < -0.4 is 5.73 Å². The smallest absolute Gasteiger partial charge is 0.190 e. The summed E-state index contributed by atoms with van der Waals surface area (Å²) in [6, 6.07) is 0. The molecule has 0 aliphatic rings. The maximum Gasteiger partial charge on any atom is 0.190 e. The van der Waals surface area contributed by atoms with E-state index in [-0.39, 0.29) is 0 Å². The van der Waals surface area contributed by atoms with Crippen LogP contribution in [-0.2, 0) is 0 Å². The lowest BCUT2D eigenvalue weighted by atomic mass is 10.6. The van der Waals surface area contributed by atoms with Gasteiger partial charge in [-0.2, -0.15) is 0 Å². The minimum absolute atomic E-state index is 0.430. The van der Waals surface area contributed by atoms with E-state index in [9.17, 15) is 0 Å². The Balaban J connectivity index is 3.18. The number of hydrogen-bond acceptors (Lipinski definition) is 5. The third-order valence-corrected chi connectivity index (χ3v) is 2.96. The number of nitrogens with zero attached hydrogens (tertiary/aromatic N) is 2. The Morgan fingerprint density at radius 2 is 1.92 bits per heavy atom. The van der Waals surface area contributed by atoms with Crippen LogP contribution >= 0.6 is 35.1 Å². The first-order chi connectivity index (χ1) is 5.69. The fraction of sp³-hybridized carbons (Fsp3) is 0.333. The van der Waals surface area contributed by atoms with Crippen LogP contribution in [0.4, 0.5) is 5.82 Å². The van der Waals surface area contributed by atoms with Gasteiger partial charge in [0, 0.05) is 0 Å². The Kier molecular flexibility index (Phi) is 3.49. The zero-order valence-electron chi connectivity index (χ0n) is 6.67. The number of halogens is 1. The van der Waals surface area contributed by atoms with Crippen LogP contribution in [0.5, 0.6) is 0 Å². The van der Waals surface area contributed by atoms with E-state index in [0.717, 1.165) is 4.90 Å². The normalized spacial score (nSPS) is 10.2. The lowest BCUT2D eigenvalue weighted by Gasteiger charge is -2.04. The molecule has 3 nitrogen and oxygen atoms in total. The largest absolute Gasteiger partial charge is 0.383 e. The summed E-state index contributed by atoms with van der Waals surface area (Å²) in [4.78, 5) is 8.83. The molecule has 1 aromatic heterocycles. The molecule has 0 fully saturated rings. The third-order valence-electron chi connectivity index (χ3n) is 1.22. The summed E-state index contributed by atoms with van der Waals surface area (Å²) in [7, 11) is 0. The molecule has 2 N–H and O–H groups in total. The van der Waals surface area contributed by atoms with E-state index in [0.29, 0.717) is 16.1 Å². The molecule has 0 radical (unpaired) electrons. The molecule has 6 heteroatoms. The van der Waals surface area contributed by atoms with Crippen LogP contribution in [0, 0.1) is 0 Å². The topological polar surface area (TPSA) is 51.8 Å². The Morgan fingerprint density at radius 1 is 1.25 bits per heavy atom. The average Bonchev–Trinajstić information content (AvgIpc) is 2.03. The second kappa shape index (κ2) is 4.20. The zero-order valence-corrected chi connectivity index (χ0v) is 9.06. The maximum absolute atomic E-state index is 5.85. The first-order valence-corrected chi connectivity index (χ1v) is 5.92. The summed E-state index contributed by atoms with van der Waals surface area (Å²) in [5, 5.41) is 1.04. The maximum atomic E-state index is 5.85. The van der Waals surface area contributed by atoms with Crippen LogP contribution in [0.25, 0.3) is 0 Å². The molecule has 0 amide bonds. The number of nitrogens with two attached hydrogens (primary N) is 1. The van der Waals surface area contributed by atoms with Gasteiger partial charge in [0.25, 0.3) is 0 Å². The highest BCUT2D eigenvalue weighted by Gasteiger charge is 2.08. The Hall–Kier alpha value is -0.130. The monoisotopic (exact) mass is 221 g/mol. The third kappa shape index (κ3) is 1.97. The number of nitrogen functional groups attached to an aromatic ring is 1. The van der Waals surface area contributed by atoms with Gasteiger partial charge in [0.2, 0.25) is 0 Å². The van der Waals surface area contributed by atoms with Crippen molar-refractivity contribution in [3.8, 4) is 0 Å². The van der Waals surface area contributed by atoms with Gasteiger partial charge in [-0.15, -0.1) is 11.8 Å². The fourth-order valence-electron chi connectivity index (χ4n) is 0.699. The SMILES string of the molecule is CSc1nc(N)c(SC)c(Cl)n1. The van der Waals surface area contributed by atoms with Gasteiger partial charge in [0.15, 0.2) is 5.16 Å². The van der Waals surface area contributed by atoms with E-state index >= 15 is 0 Å². The molecule has 0 bridgehead atoms. The number of aromatic nitrogens is 2. The van der Waals surface area contributed by atoms with E-state index in [1.54, 1.807) is 0 Å². The fourth-order valence-corrected chi connectivity index (χ4v) is 2.00. The Morgan fingerprint density at radius 3 is 2.33 bits per heavy atom. The molecule has 1 rings (SSSR count). The number of hydrogen-bond donors (Lipinski definition) is 1. The predicted octanol–water partition coefficient (Wildman–Crippen LogP) is 2.16. The summed E-state index contributed by atoms with van der Waals surface area (Å²) in [5.74, 6) is 0.451. The van der Waals surface area contributed by atoms with Gasteiger partial charge in [-0.05, 0) is 12.5 Å². The number of rotatable bonds is 2. The molecule has 1 heterocycles. The quantitative estimate of drug-likeness (QED) is 0.471. The highest BCUT2D eigenvalue weighted by atomic mass is 35.5. The standard InChI is InChI=1S/C6H8ClN3S2/c1-11-3-4(7)9-6(12-2)10-5(3)8/h1-2H3,(H2,8,9,10). The van der Waals surface area contributed by atoms with Gasteiger partial charge in [0.1, 0.15) is 11.0 Å². The van der Waals surface area contributed by atoms with Crippen molar-refractivity contribution in [3.05, 3.63) is 5.15 Å². The van der Waals surface area contributed by atoms with Crippen molar-refractivity contribution in [1.29, 1.82) is 0 Å². The van der Waals surface area contributed by atoms with Crippen LogP contribution in [0.2, 0.25) is 5.15 Å². The van der Waals surface area contributed by atoms with Crippen molar-refractivity contribution in [2.24, 2.45) is 0 Å². The van der Waals surface area contributed by atoms with Gasteiger partial charge in [-0.25, -0.2) is 9.97 Å².